The van der Waals surface area contributed by atoms with Crippen LogP contribution < -0.4 is 16.0 Å². The summed E-state index contributed by atoms with van der Waals surface area (Å²) in [4.78, 5) is 1.68. The first kappa shape index (κ1) is 13.1. The van der Waals surface area contributed by atoms with Gasteiger partial charge in [-0.25, -0.2) is 0 Å². The van der Waals surface area contributed by atoms with E-state index in [9.17, 15) is 5.11 Å². The summed E-state index contributed by atoms with van der Waals surface area (Å²) in [6, 6.07) is 7.39. The molecule has 1 heterocycles. The highest BCUT2D eigenvalue weighted by atomic mass is 32.1. The van der Waals surface area contributed by atoms with Gasteiger partial charge < -0.3 is 16.2 Å². The molecule has 1 aliphatic heterocycles. The fourth-order valence-corrected chi connectivity index (χ4v) is 3.16. The molecule has 1 aromatic carbocycles. The van der Waals surface area contributed by atoms with Gasteiger partial charge in [0.05, 0.1) is 11.4 Å². The molecule has 1 aromatic rings. The quantitative estimate of drug-likeness (QED) is 0.534. The van der Waals surface area contributed by atoms with Crippen molar-refractivity contribution in [1.29, 1.82) is 0 Å². The zero-order valence-electron chi connectivity index (χ0n) is 10.9. The largest absolute Gasteiger partial charge is 0.397 e. The second-order valence-electron chi connectivity index (χ2n) is 5.60. The summed E-state index contributed by atoms with van der Waals surface area (Å²) in [7, 11) is 0. The number of rotatable bonds is 1. The Morgan fingerprint density at radius 1 is 1.33 bits per heavy atom. The van der Waals surface area contributed by atoms with E-state index < -0.39 is 5.72 Å². The van der Waals surface area contributed by atoms with Gasteiger partial charge in [0.1, 0.15) is 5.72 Å². The number of benzene rings is 1. The van der Waals surface area contributed by atoms with Crippen molar-refractivity contribution in [1.82, 2.24) is 5.32 Å². The standard InChI is InChI=1S/C13H19N3OS/c1-12(2)8-13(3,17)16(11(18)15-12)10-7-5-4-6-9(10)14/h4-7,17H,8,14H2,1-3H3,(H,15,18). The number of aliphatic hydroxyl groups is 1. The Hall–Kier alpha value is -1.33. The SMILES string of the molecule is CC1(C)CC(C)(O)N(c2ccccc2N)C(=S)N1. The van der Waals surface area contributed by atoms with E-state index in [2.05, 4.69) is 5.32 Å². The third kappa shape index (κ3) is 2.28. The maximum Gasteiger partial charge on any atom is 0.176 e. The van der Waals surface area contributed by atoms with Crippen molar-refractivity contribution < 1.29 is 5.11 Å². The van der Waals surface area contributed by atoms with Gasteiger partial charge >= 0.3 is 0 Å². The summed E-state index contributed by atoms with van der Waals surface area (Å²) < 4.78 is 0. The Bertz CT molecular complexity index is 485. The van der Waals surface area contributed by atoms with E-state index in [1.807, 2.05) is 32.0 Å². The molecule has 0 amide bonds. The lowest BCUT2D eigenvalue weighted by atomic mass is 9.90. The van der Waals surface area contributed by atoms with Crippen LogP contribution in [-0.4, -0.2) is 21.5 Å². The van der Waals surface area contributed by atoms with Crippen LogP contribution in [0.4, 0.5) is 11.4 Å². The first-order valence-corrected chi connectivity index (χ1v) is 6.33. The van der Waals surface area contributed by atoms with Gasteiger partial charge in [-0.2, -0.15) is 0 Å². The van der Waals surface area contributed by atoms with Crippen LogP contribution >= 0.6 is 12.2 Å². The number of nitrogen functional groups attached to an aromatic ring is 1. The molecule has 1 atom stereocenters. The lowest BCUT2D eigenvalue weighted by Crippen LogP contribution is -2.66. The molecular weight excluding hydrogens is 246 g/mol. The van der Waals surface area contributed by atoms with Crippen LogP contribution in [0.25, 0.3) is 0 Å². The van der Waals surface area contributed by atoms with Crippen molar-refractivity contribution in [3.05, 3.63) is 24.3 Å². The van der Waals surface area contributed by atoms with Gasteiger partial charge in [-0.3, -0.25) is 4.90 Å². The Morgan fingerprint density at radius 3 is 2.50 bits per heavy atom. The molecule has 5 heteroatoms. The van der Waals surface area contributed by atoms with Crippen molar-refractivity contribution in [2.75, 3.05) is 10.6 Å². The number of para-hydroxylation sites is 2. The lowest BCUT2D eigenvalue weighted by Gasteiger charge is -2.49. The van der Waals surface area contributed by atoms with E-state index in [4.69, 9.17) is 18.0 Å². The van der Waals surface area contributed by atoms with Crippen LogP contribution in [0.3, 0.4) is 0 Å². The number of thiocarbonyl (C=S) groups is 1. The zero-order valence-corrected chi connectivity index (χ0v) is 11.7. The molecule has 4 nitrogen and oxygen atoms in total. The highest BCUT2D eigenvalue weighted by molar-refractivity contribution is 7.80. The average molecular weight is 265 g/mol. The van der Waals surface area contributed by atoms with E-state index in [0.717, 1.165) is 5.69 Å². The predicted molar refractivity (Wildman–Crippen MR) is 78.4 cm³/mol. The Morgan fingerprint density at radius 2 is 1.94 bits per heavy atom. The minimum absolute atomic E-state index is 0.235. The molecule has 18 heavy (non-hydrogen) atoms. The van der Waals surface area contributed by atoms with Gasteiger partial charge in [0, 0.05) is 12.0 Å². The maximum absolute atomic E-state index is 10.7. The predicted octanol–water partition coefficient (Wildman–Crippen LogP) is 1.84. The summed E-state index contributed by atoms with van der Waals surface area (Å²) >= 11 is 5.37. The Kier molecular flexibility index (Phi) is 2.99. The molecule has 1 aliphatic rings. The number of hydrogen-bond donors (Lipinski definition) is 3. The van der Waals surface area contributed by atoms with E-state index in [1.54, 1.807) is 17.9 Å². The third-order valence-electron chi connectivity index (χ3n) is 3.08. The first-order chi connectivity index (χ1) is 8.23. The van der Waals surface area contributed by atoms with Gasteiger partial charge in [-0.15, -0.1) is 0 Å². The van der Waals surface area contributed by atoms with Crippen LogP contribution in [0.1, 0.15) is 27.2 Å². The molecule has 4 N–H and O–H groups in total. The molecule has 2 rings (SSSR count). The minimum atomic E-state index is -1.05. The third-order valence-corrected chi connectivity index (χ3v) is 3.37. The molecule has 1 saturated heterocycles. The van der Waals surface area contributed by atoms with Crippen molar-refractivity contribution in [2.45, 2.75) is 38.5 Å². The van der Waals surface area contributed by atoms with Crippen molar-refractivity contribution in [3.8, 4) is 0 Å². The summed E-state index contributed by atoms with van der Waals surface area (Å²) in [5, 5.41) is 14.4. The molecule has 0 aliphatic carbocycles. The number of nitrogens with one attached hydrogen (secondary N) is 1. The normalized spacial score (nSPS) is 26.9. The van der Waals surface area contributed by atoms with Gasteiger partial charge in [0.2, 0.25) is 0 Å². The van der Waals surface area contributed by atoms with Crippen LogP contribution in [0.2, 0.25) is 0 Å². The van der Waals surface area contributed by atoms with E-state index in [0.29, 0.717) is 17.2 Å². The van der Waals surface area contributed by atoms with Gasteiger partial charge in [0.15, 0.2) is 5.11 Å². The van der Waals surface area contributed by atoms with Crippen molar-refractivity contribution in [2.24, 2.45) is 0 Å². The highest BCUT2D eigenvalue weighted by Gasteiger charge is 2.44. The van der Waals surface area contributed by atoms with E-state index in [-0.39, 0.29) is 5.54 Å². The van der Waals surface area contributed by atoms with Crippen LogP contribution in [0, 0.1) is 0 Å². The lowest BCUT2D eigenvalue weighted by molar-refractivity contribution is 0.0278. The monoisotopic (exact) mass is 265 g/mol. The molecule has 0 aromatic heterocycles. The van der Waals surface area contributed by atoms with Crippen LogP contribution in [-0.2, 0) is 0 Å². The first-order valence-electron chi connectivity index (χ1n) is 5.92. The van der Waals surface area contributed by atoms with Gasteiger partial charge in [-0.05, 0) is 45.1 Å². The Balaban J connectivity index is 2.45. The smallest absolute Gasteiger partial charge is 0.176 e. The van der Waals surface area contributed by atoms with E-state index in [1.165, 1.54) is 0 Å². The van der Waals surface area contributed by atoms with Crippen molar-refractivity contribution in [3.63, 3.8) is 0 Å². The zero-order chi connectivity index (χ0) is 13.6. The fraction of sp³-hybridized carbons (Fsp3) is 0.462. The number of nitrogens with two attached hydrogens (primary N) is 1. The Labute approximate surface area is 113 Å². The average Bonchev–Trinajstić information content (AvgIpc) is 2.16. The molecule has 1 unspecified atom stereocenters. The van der Waals surface area contributed by atoms with Crippen molar-refractivity contribution >= 4 is 28.7 Å². The molecule has 98 valence electrons. The van der Waals surface area contributed by atoms with Crippen LogP contribution in [0.15, 0.2) is 24.3 Å². The summed E-state index contributed by atoms with van der Waals surface area (Å²) in [6.45, 7) is 5.78. The van der Waals surface area contributed by atoms with Gasteiger partial charge in [-0.1, -0.05) is 12.1 Å². The molecule has 0 saturated carbocycles. The molecule has 0 radical (unpaired) electrons. The molecule has 0 bridgehead atoms. The van der Waals surface area contributed by atoms with E-state index >= 15 is 0 Å². The number of hydrogen-bond acceptors (Lipinski definition) is 3. The second-order valence-corrected chi connectivity index (χ2v) is 5.99. The maximum atomic E-state index is 10.7. The summed E-state index contributed by atoms with van der Waals surface area (Å²) in [5.74, 6) is 0. The molecule has 0 spiro atoms. The van der Waals surface area contributed by atoms with Gasteiger partial charge in [0.25, 0.3) is 0 Å². The summed E-state index contributed by atoms with van der Waals surface area (Å²) in [5.41, 5.74) is 6.00. The molecule has 1 fully saturated rings. The summed E-state index contributed by atoms with van der Waals surface area (Å²) in [6.07, 6.45) is 0.550. The second kappa shape index (κ2) is 4.10. The molecular formula is C13H19N3OS. The number of anilines is 2. The fourth-order valence-electron chi connectivity index (χ4n) is 2.58. The van der Waals surface area contributed by atoms with Crippen LogP contribution in [0.5, 0.6) is 0 Å². The highest BCUT2D eigenvalue weighted by Crippen LogP contribution is 2.36. The number of nitrogens with zero attached hydrogens (tertiary/aromatic N) is 1. The minimum Gasteiger partial charge on any atom is -0.397 e. The topological polar surface area (TPSA) is 61.5 Å².